The molecular formula is C20H17ClFN7O. The molecule has 5 rings (SSSR count). The first-order valence-electron chi connectivity index (χ1n) is 9.46. The summed E-state index contributed by atoms with van der Waals surface area (Å²) in [5.41, 5.74) is 1.58. The van der Waals surface area contributed by atoms with Gasteiger partial charge in [-0.1, -0.05) is 29.8 Å². The normalized spacial score (nSPS) is 17.1. The highest BCUT2D eigenvalue weighted by atomic mass is 35.5. The molecule has 0 saturated carbocycles. The van der Waals surface area contributed by atoms with Gasteiger partial charge in [0.2, 0.25) is 11.9 Å². The van der Waals surface area contributed by atoms with Gasteiger partial charge in [0, 0.05) is 30.6 Å². The average molecular weight is 426 g/mol. The molecule has 1 aliphatic rings. The fourth-order valence-corrected chi connectivity index (χ4v) is 3.67. The third kappa shape index (κ3) is 3.31. The van der Waals surface area contributed by atoms with Crippen molar-refractivity contribution >= 4 is 40.0 Å². The van der Waals surface area contributed by atoms with Gasteiger partial charge in [0.1, 0.15) is 11.9 Å². The number of anilines is 1. The van der Waals surface area contributed by atoms with Crippen LogP contribution in [0.2, 0.25) is 5.02 Å². The Morgan fingerprint density at radius 3 is 2.90 bits per heavy atom. The molecule has 1 atom stereocenters. The zero-order valence-electron chi connectivity index (χ0n) is 15.7. The van der Waals surface area contributed by atoms with E-state index in [1.54, 1.807) is 24.3 Å². The van der Waals surface area contributed by atoms with Crippen LogP contribution in [0.4, 0.5) is 10.3 Å². The molecule has 0 radical (unpaired) electrons. The Bertz CT molecular complexity index is 1270. The largest absolute Gasteiger partial charge is 0.353 e. The van der Waals surface area contributed by atoms with E-state index in [-0.39, 0.29) is 11.7 Å². The zero-order valence-corrected chi connectivity index (χ0v) is 16.4. The van der Waals surface area contributed by atoms with Crippen LogP contribution in [0.25, 0.3) is 27.9 Å². The van der Waals surface area contributed by atoms with Crippen molar-refractivity contribution < 1.29 is 9.18 Å². The topological polar surface area (TPSA) is 96.2 Å². The molecule has 2 aromatic carbocycles. The number of hydrogen-bond acceptors (Lipinski definition) is 6. The molecule has 4 aromatic rings. The second-order valence-electron chi connectivity index (χ2n) is 6.94. The van der Waals surface area contributed by atoms with Crippen LogP contribution in [0.5, 0.6) is 0 Å². The maximum atomic E-state index is 13.7. The second-order valence-corrected chi connectivity index (χ2v) is 7.35. The Labute approximate surface area is 175 Å². The first-order valence-corrected chi connectivity index (χ1v) is 9.84. The van der Waals surface area contributed by atoms with E-state index >= 15 is 0 Å². The summed E-state index contributed by atoms with van der Waals surface area (Å²) in [4.78, 5) is 21.6. The molecule has 1 saturated heterocycles. The van der Waals surface area contributed by atoms with Gasteiger partial charge in [-0.3, -0.25) is 4.79 Å². The van der Waals surface area contributed by atoms with Crippen molar-refractivity contribution in [3.05, 3.63) is 53.3 Å². The number of hydrogen-bond donors (Lipinski definition) is 3. The van der Waals surface area contributed by atoms with Crippen molar-refractivity contribution in [2.24, 2.45) is 0 Å². The average Bonchev–Trinajstić information content (AvgIpc) is 3.09. The van der Waals surface area contributed by atoms with Crippen LogP contribution >= 0.6 is 11.6 Å². The number of nitrogens with one attached hydrogen (secondary N) is 3. The predicted molar refractivity (Wildman–Crippen MR) is 112 cm³/mol. The van der Waals surface area contributed by atoms with Crippen molar-refractivity contribution in [3.8, 4) is 11.4 Å². The third-order valence-electron chi connectivity index (χ3n) is 4.91. The number of fused-ring (bicyclic) bond motifs is 3. The highest BCUT2D eigenvalue weighted by Gasteiger charge is 2.23. The molecule has 3 N–H and O–H groups in total. The van der Waals surface area contributed by atoms with Crippen LogP contribution < -0.4 is 16.0 Å². The first kappa shape index (κ1) is 18.7. The van der Waals surface area contributed by atoms with Gasteiger partial charge in [-0.25, -0.2) is 14.4 Å². The van der Waals surface area contributed by atoms with E-state index in [0.717, 1.165) is 0 Å². The number of nitrogens with zero attached hydrogens (tertiary/aromatic N) is 4. The van der Waals surface area contributed by atoms with E-state index in [1.807, 2.05) is 6.07 Å². The molecule has 10 heteroatoms. The molecule has 1 aliphatic heterocycles. The van der Waals surface area contributed by atoms with Crippen molar-refractivity contribution in [2.45, 2.75) is 6.04 Å². The Balaban J connectivity index is 1.69. The highest BCUT2D eigenvalue weighted by Crippen LogP contribution is 2.28. The van der Waals surface area contributed by atoms with E-state index < -0.39 is 6.04 Å². The number of carbonyl (C=O) groups is 1. The minimum absolute atomic E-state index is 0.139. The van der Waals surface area contributed by atoms with Crippen LogP contribution in [0, 0.1) is 5.82 Å². The molecule has 3 heterocycles. The summed E-state index contributed by atoms with van der Waals surface area (Å²) >= 11 is 6.38. The number of halogens is 2. The quantitative estimate of drug-likeness (QED) is 0.466. The van der Waals surface area contributed by atoms with Crippen LogP contribution in [0.15, 0.2) is 42.5 Å². The van der Waals surface area contributed by atoms with Gasteiger partial charge in [-0.05, 0) is 24.3 Å². The van der Waals surface area contributed by atoms with Crippen LogP contribution in [-0.4, -0.2) is 51.2 Å². The van der Waals surface area contributed by atoms with Crippen molar-refractivity contribution in [1.29, 1.82) is 0 Å². The maximum Gasteiger partial charge on any atom is 0.243 e. The van der Waals surface area contributed by atoms with E-state index in [1.165, 1.54) is 16.6 Å². The van der Waals surface area contributed by atoms with E-state index in [4.69, 9.17) is 11.6 Å². The van der Waals surface area contributed by atoms with Gasteiger partial charge < -0.3 is 16.0 Å². The summed E-state index contributed by atoms with van der Waals surface area (Å²) in [6.45, 7) is 1.67. The van der Waals surface area contributed by atoms with Gasteiger partial charge in [-0.2, -0.15) is 4.52 Å². The highest BCUT2D eigenvalue weighted by molar-refractivity contribution is 6.35. The van der Waals surface area contributed by atoms with Gasteiger partial charge in [0.25, 0.3) is 0 Å². The molecule has 0 spiro atoms. The molecule has 8 nitrogen and oxygen atoms in total. The van der Waals surface area contributed by atoms with Gasteiger partial charge >= 0.3 is 0 Å². The van der Waals surface area contributed by atoms with Gasteiger partial charge in [0.05, 0.1) is 10.5 Å². The number of carbonyl (C=O) groups excluding carboxylic acids is 1. The molecule has 0 unspecified atom stereocenters. The first-order chi connectivity index (χ1) is 14.6. The minimum Gasteiger partial charge on any atom is -0.353 e. The second kappa shape index (κ2) is 7.51. The SMILES string of the molecule is O=C1NCCNC[C@H]1Nc1nc2c(Cl)cccc2c2nc(-c3cccc(F)c3)nn12. The molecule has 0 bridgehead atoms. The molecular weight excluding hydrogens is 409 g/mol. The smallest absolute Gasteiger partial charge is 0.243 e. The molecule has 1 fully saturated rings. The lowest BCUT2D eigenvalue weighted by Crippen LogP contribution is -2.42. The number of para-hydroxylation sites is 1. The van der Waals surface area contributed by atoms with E-state index in [0.29, 0.717) is 58.5 Å². The van der Waals surface area contributed by atoms with Crippen LogP contribution in [0.1, 0.15) is 0 Å². The molecule has 30 heavy (non-hydrogen) atoms. The number of benzene rings is 2. The monoisotopic (exact) mass is 425 g/mol. The number of aromatic nitrogens is 4. The van der Waals surface area contributed by atoms with Crippen molar-refractivity contribution in [2.75, 3.05) is 25.0 Å². The minimum atomic E-state index is -0.551. The summed E-state index contributed by atoms with van der Waals surface area (Å²) < 4.78 is 15.3. The lowest BCUT2D eigenvalue weighted by molar-refractivity contribution is -0.121. The number of amides is 1. The third-order valence-corrected chi connectivity index (χ3v) is 5.21. The summed E-state index contributed by atoms with van der Waals surface area (Å²) in [5, 5.41) is 14.9. The van der Waals surface area contributed by atoms with E-state index in [2.05, 4.69) is 31.0 Å². The summed E-state index contributed by atoms with van der Waals surface area (Å²) in [5.74, 6) is 0.150. The summed E-state index contributed by atoms with van der Waals surface area (Å²) in [7, 11) is 0. The Morgan fingerprint density at radius 2 is 2.03 bits per heavy atom. The standard InChI is InChI=1S/C20H17ClFN7O/c21-14-6-2-5-13-16(14)26-20(25-15-10-23-7-8-24-19(15)30)29-18(13)27-17(28-29)11-3-1-4-12(22)9-11/h1-6,9,15,23H,7-8,10H2,(H,24,30)(H,25,26)/t15-/m1/s1. The van der Waals surface area contributed by atoms with Crippen molar-refractivity contribution in [3.63, 3.8) is 0 Å². The fraction of sp³-hybridized carbons (Fsp3) is 0.200. The Kier molecular flexibility index (Phi) is 4.68. The Morgan fingerprint density at radius 1 is 1.17 bits per heavy atom. The lowest BCUT2D eigenvalue weighted by Gasteiger charge is -2.16. The predicted octanol–water partition coefficient (Wildman–Crippen LogP) is 2.24. The fourth-order valence-electron chi connectivity index (χ4n) is 3.45. The molecule has 152 valence electrons. The molecule has 2 aromatic heterocycles. The summed E-state index contributed by atoms with van der Waals surface area (Å²) in [6, 6.07) is 10.9. The maximum absolute atomic E-state index is 13.7. The van der Waals surface area contributed by atoms with Crippen LogP contribution in [-0.2, 0) is 4.79 Å². The van der Waals surface area contributed by atoms with Gasteiger partial charge in [0.15, 0.2) is 11.5 Å². The zero-order chi connectivity index (χ0) is 20.7. The Hall–Kier alpha value is -3.30. The van der Waals surface area contributed by atoms with E-state index in [9.17, 15) is 9.18 Å². The van der Waals surface area contributed by atoms with Gasteiger partial charge in [-0.15, -0.1) is 5.10 Å². The summed E-state index contributed by atoms with van der Waals surface area (Å²) in [6.07, 6.45) is 0. The lowest BCUT2D eigenvalue weighted by atomic mass is 10.2. The van der Waals surface area contributed by atoms with Crippen molar-refractivity contribution in [1.82, 2.24) is 30.2 Å². The molecule has 0 aliphatic carbocycles. The van der Waals surface area contributed by atoms with Crippen LogP contribution in [0.3, 0.4) is 0 Å². The molecule has 1 amide bonds. The number of rotatable bonds is 3.